The summed E-state index contributed by atoms with van der Waals surface area (Å²) in [6.45, 7) is 3.92. The molecule has 0 spiro atoms. The van der Waals surface area contributed by atoms with Gasteiger partial charge in [-0.25, -0.2) is 0 Å². The van der Waals surface area contributed by atoms with Gasteiger partial charge in [-0.2, -0.15) is 0 Å². The zero-order valence-electron chi connectivity index (χ0n) is 18.0. The molecule has 0 saturated carbocycles. The monoisotopic (exact) mass is 465 g/mol. The van der Waals surface area contributed by atoms with E-state index in [4.69, 9.17) is 19.9 Å². The Morgan fingerprint density at radius 2 is 1.75 bits per heavy atom. The van der Waals surface area contributed by atoms with E-state index in [0.717, 1.165) is 18.7 Å². The third kappa shape index (κ3) is 8.29. The number of benzene rings is 2. The highest BCUT2D eigenvalue weighted by Crippen LogP contribution is 2.28. The van der Waals surface area contributed by atoms with Gasteiger partial charge in [0.2, 0.25) is 6.41 Å². The Hall–Kier alpha value is -2.36. The summed E-state index contributed by atoms with van der Waals surface area (Å²) in [5.74, 6) is 1.00. The minimum Gasteiger partial charge on any atom is -0.485 e. The number of morpholine rings is 1. The number of carbonyl (C=O) groups is 1. The van der Waals surface area contributed by atoms with Crippen LogP contribution in [0.3, 0.4) is 0 Å². The fourth-order valence-electron chi connectivity index (χ4n) is 3.44. The van der Waals surface area contributed by atoms with E-state index in [9.17, 15) is 9.90 Å². The Labute approximate surface area is 195 Å². The molecule has 2 aromatic carbocycles. The molecule has 1 saturated heterocycles. The van der Waals surface area contributed by atoms with Crippen molar-refractivity contribution < 1.29 is 24.1 Å². The van der Waals surface area contributed by atoms with Gasteiger partial charge in [-0.1, -0.05) is 42.5 Å². The lowest BCUT2D eigenvalue weighted by Crippen LogP contribution is -2.49. The van der Waals surface area contributed by atoms with Crippen LogP contribution in [0.1, 0.15) is 12.0 Å². The Morgan fingerprint density at radius 1 is 1.09 bits per heavy atom. The summed E-state index contributed by atoms with van der Waals surface area (Å²) in [6, 6.07) is 16.8. The Bertz CT molecular complexity index is 792. The van der Waals surface area contributed by atoms with Crippen molar-refractivity contribution in [3.63, 3.8) is 0 Å². The second kappa shape index (κ2) is 13.9. The van der Waals surface area contributed by atoms with Gasteiger partial charge in [0, 0.05) is 25.7 Å². The molecule has 0 aliphatic carbocycles. The van der Waals surface area contributed by atoms with Crippen molar-refractivity contribution >= 4 is 18.8 Å². The smallest absolute Gasteiger partial charge is 0.207 e. The molecule has 1 amide bonds. The third-order valence-electron chi connectivity index (χ3n) is 5.14. The molecule has 8 nitrogen and oxygen atoms in total. The minimum absolute atomic E-state index is 0. The Morgan fingerprint density at radius 3 is 2.44 bits per heavy atom. The highest BCUT2D eigenvalue weighted by molar-refractivity contribution is 5.85. The lowest BCUT2D eigenvalue weighted by atomic mass is 10.1. The molecule has 32 heavy (non-hydrogen) atoms. The standard InChI is InChI=1S/C23H31N3O5.ClH/c24-23(20(28)14-19(25-17-27)15-26-10-12-29-13-11-26)31-22-9-5-4-8-21(22)30-16-18-6-2-1-3-7-18;/h1-9,17,19-20,23,28H,10-16,24H2,(H,25,27);1H. The number of halogens is 1. The fraction of sp³-hybridized carbons (Fsp3) is 0.435. The van der Waals surface area contributed by atoms with E-state index < -0.39 is 12.3 Å². The van der Waals surface area contributed by atoms with Gasteiger partial charge in [-0.3, -0.25) is 15.4 Å². The van der Waals surface area contributed by atoms with Crippen LogP contribution in [0.2, 0.25) is 0 Å². The van der Waals surface area contributed by atoms with Crippen LogP contribution in [-0.4, -0.2) is 67.6 Å². The van der Waals surface area contributed by atoms with E-state index in [-0.39, 0.29) is 24.9 Å². The SMILES string of the molecule is Cl.NC(Oc1ccccc1OCc1ccccc1)C(O)CC(CN1CCOCC1)NC=O. The topological polar surface area (TPSA) is 106 Å². The average Bonchev–Trinajstić information content (AvgIpc) is 2.80. The van der Waals surface area contributed by atoms with Crippen LogP contribution in [0.15, 0.2) is 54.6 Å². The molecular weight excluding hydrogens is 434 g/mol. The van der Waals surface area contributed by atoms with E-state index in [1.165, 1.54) is 0 Å². The second-order valence-corrected chi connectivity index (χ2v) is 7.50. The first-order valence-electron chi connectivity index (χ1n) is 10.5. The number of aliphatic hydroxyl groups is 1. The maximum absolute atomic E-state index is 11.0. The van der Waals surface area contributed by atoms with Gasteiger partial charge in [-0.15, -0.1) is 12.4 Å². The average molecular weight is 466 g/mol. The number of hydrogen-bond donors (Lipinski definition) is 3. The van der Waals surface area contributed by atoms with Crippen LogP contribution in [0.25, 0.3) is 0 Å². The van der Waals surface area contributed by atoms with Crippen molar-refractivity contribution in [1.82, 2.24) is 10.2 Å². The number of hydrogen-bond acceptors (Lipinski definition) is 7. The number of ether oxygens (including phenoxy) is 3. The molecule has 1 aliphatic rings. The number of nitrogens with zero attached hydrogens (tertiary/aromatic N) is 1. The van der Waals surface area contributed by atoms with Crippen LogP contribution in [0, 0.1) is 0 Å². The summed E-state index contributed by atoms with van der Waals surface area (Å²) in [5.41, 5.74) is 7.16. The van der Waals surface area contributed by atoms with Crippen LogP contribution in [0.5, 0.6) is 11.5 Å². The van der Waals surface area contributed by atoms with Crippen LogP contribution < -0.4 is 20.5 Å². The molecule has 0 bridgehead atoms. The molecule has 176 valence electrons. The quantitative estimate of drug-likeness (QED) is 0.322. The zero-order chi connectivity index (χ0) is 21.9. The van der Waals surface area contributed by atoms with Gasteiger partial charge in [0.1, 0.15) is 12.7 Å². The van der Waals surface area contributed by atoms with Crippen molar-refractivity contribution in [2.75, 3.05) is 32.8 Å². The molecule has 0 radical (unpaired) electrons. The maximum Gasteiger partial charge on any atom is 0.207 e. The van der Waals surface area contributed by atoms with Crippen molar-refractivity contribution in [1.29, 1.82) is 0 Å². The number of nitrogens with two attached hydrogens (primary N) is 1. The van der Waals surface area contributed by atoms with Crippen molar-refractivity contribution in [2.45, 2.75) is 31.4 Å². The van der Waals surface area contributed by atoms with Gasteiger partial charge in [0.05, 0.1) is 13.2 Å². The Kier molecular flexibility index (Phi) is 11.3. The molecule has 3 unspecified atom stereocenters. The number of rotatable bonds is 12. The number of nitrogens with one attached hydrogen (secondary N) is 1. The number of aliphatic hydroxyl groups excluding tert-OH is 1. The summed E-state index contributed by atoms with van der Waals surface area (Å²) in [7, 11) is 0. The van der Waals surface area contributed by atoms with Crippen molar-refractivity contribution in [3.8, 4) is 11.5 Å². The van der Waals surface area contributed by atoms with Gasteiger partial charge in [0.15, 0.2) is 17.7 Å². The van der Waals surface area contributed by atoms with Crippen molar-refractivity contribution in [2.24, 2.45) is 5.73 Å². The summed E-state index contributed by atoms with van der Waals surface area (Å²) >= 11 is 0. The zero-order valence-corrected chi connectivity index (χ0v) is 18.8. The summed E-state index contributed by atoms with van der Waals surface area (Å²) in [5, 5.41) is 13.4. The molecule has 1 heterocycles. The highest BCUT2D eigenvalue weighted by atomic mass is 35.5. The van der Waals surface area contributed by atoms with Gasteiger partial charge >= 0.3 is 0 Å². The summed E-state index contributed by atoms with van der Waals surface area (Å²) in [4.78, 5) is 13.2. The Balaban J connectivity index is 0.00000363. The first kappa shape index (κ1) is 25.9. The van der Waals surface area contributed by atoms with E-state index in [2.05, 4.69) is 10.2 Å². The predicted octanol–water partition coefficient (Wildman–Crippen LogP) is 1.55. The molecule has 1 aliphatic heterocycles. The summed E-state index contributed by atoms with van der Waals surface area (Å²) in [6.07, 6.45) is -1.02. The lowest BCUT2D eigenvalue weighted by Gasteiger charge is -2.31. The molecule has 0 aromatic heterocycles. The highest BCUT2D eigenvalue weighted by Gasteiger charge is 2.24. The summed E-state index contributed by atoms with van der Waals surface area (Å²) < 4.78 is 17.1. The molecule has 2 aromatic rings. The van der Waals surface area contributed by atoms with Crippen molar-refractivity contribution in [3.05, 3.63) is 60.2 Å². The number of amides is 1. The molecule has 3 rings (SSSR count). The lowest BCUT2D eigenvalue weighted by molar-refractivity contribution is -0.110. The second-order valence-electron chi connectivity index (χ2n) is 7.50. The molecular formula is C23H32ClN3O5. The van der Waals surface area contributed by atoms with Crippen LogP contribution >= 0.6 is 12.4 Å². The van der Waals surface area contributed by atoms with Crippen LogP contribution in [0.4, 0.5) is 0 Å². The number of carbonyl (C=O) groups excluding carboxylic acids is 1. The van der Waals surface area contributed by atoms with Gasteiger partial charge in [-0.05, 0) is 24.1 Å². The molecule has 3 atom stereocenters. The first-order chi connectivity index (χ1) is 15.2. The van der Waals surface area contributed by atoms with Crippen LogP contribution in [-0.2, 0) is 16.1 Å². The molecule has 4 N–H and O–H groups in total. The molecule has 9 heteroatoms. The first-order valence-corrected chi connectivity index (χ1v) is 10.5. The van der Waals surface area contributed by atoms with E-state index in [0.29, 0.717) is 44.3 Å². The predicted molar refractivity (Wildman–Crippen MR) is 124 cm³/mol. The largest absolute Gasteiger partial charge is 0.485 e. The van der Waals surface area contributed by atoms with Gasteiger partial charge in [0.25, 0.3) is 0 Å². The van der Waals surface area contributed by atoms with E-state index in [1.54, 1.807) is 12.1 Å². The van der Waals surface area contributed by atoms with E-state index in [1.807, 2.05) is 42.5 Å². The van der Waals surface area contributed by atoms with E-state index >= 15 is 0 Å². The van der Waals surface area contributed by atoms with Gasteiger partial charge < -0.3 is 24.6 Å². The number of para-hydroxylation sites is 2. The fourth-order valence-corrected chi connectivity index (χ4v) is 3.44. The maximum atomic E-state index is 11.0. The third-order valence-corrected chi connectivity index (χ3v) is 5.14. The molecule has 1 fully saturated rings. The minimum atomic E-state index is -0.972. The normalized spacial score (nSPS) is 16.8.